The summed E-state index contributed by atoms with van der Waals surface area (Å²) in [4.78, 5) is 15.6. The second-order valence-corrected chi connectivity index (χ2v) is 11.9. The quantitative estimate of drug-likeness (QED) is 0.200. The highest BCUT2D eigenvalue weighted by Gasteiger charge is 2.18. The van der Waals surface area contributed by atoms with E-state index in [0.717, 1.165) is 49.7 Å². The van der Waals surface area contributed by atoms with E-state index in [-0.39, 0.29) is 0 Å². The van der Waals surface area contributed by atoms with Crippen LogP contribution in [0.3, 0.4) is 0 Å². The number of thiophene rings is 1. The minimum Gasteiger partial charge on any atom is -0.244 e. The van der Waals surface area contributed by atoms with Gasteiger partial charge in [-0.3, -0.25) is 0 Å². The van der Waals surface area contributed by atoms with Gasteiger partial charge < -0.3 is 0 Å². The van der Waals surface area contributed by atoms with E-state index in [1.165, 1.54) is 31.1 Å². The summed E-state index contributed by atoms with van der Waals surface area (Å²) >= 11 is 1.82. The normalized spacial score (nSPS) is 11.7. The van der Waals surface area contributed by atoms with Gasteiger partial charge in [0.15, 0.2) is 5.82 Å². The SMILES string of the molecule is c1ccc(-c2cccc(-c3nc(-c4nc5ccccc5c5cc6c(cc45)sc4ccccc46)nc4ccccc34)c2)cc1. The maximum absolute atomic E-state index is 5.29. The highest BCUT2D eigenvalue weighted by atomic mass is 32.1. The average Bonchev–Trinajstić information content (AvgIpc) is 3.44. The van der Waals surface area contributed by atoms with Gasteiger partial charge in [-0.2, -0.15) is 0 Å². The molecule has 0 bridgehead atoms. The standard InChI is InChI=1S/C39H23N3S/c1-2-11-24(12-3-1)25-13-10-14-26(21-25)37-29-17-5-8-19-34(29)41-39(42-37)38-32-23-36-31(28-16-6-9-20-35(28)43-36)22-30(32)27-15-4-7-18-33(27)40-38/h1-23H. The lowest BCUT2D eigenvalue weighted by molar-refractivity contribution is 1.20. The molecular weight excluding hydrogens is 543 g/mol. The van der Waals surface area contributed by atoms with E-state index in [1.807, 2.05) is 29.5 Å². The third-order valence-electron chi connectivity index (χ3n) is 8.26. The van der Waals surface area contributed by atoms with Crippen LogP contribution in [0.4, 0.5) is 0 Å². The molecule has 9 aromatic rings. The zero-order valence-electron chi connectivity index (χ0n) is 23.0. The molecule has 0 amide bonds. The van der Waals surface area contributed by atoms with Gasteiger partial charge in [0.25, 0.3) is 0 Å². The van der Waals surface area contributed by atoms with Crippen LogP contribution in [0.2, 0.25) is 0 Å². The summed E-state index contributed by atoms with van der Waals surface area (Å²) in [6.45, 7) is 0. The number of aromatic nitrogens is 3. The highest BCUT2D eigenvalue weighted by molar-refractivity contribution is 7.25. The Balaban J connectivity index is 1.35. The number of fused-ring (bicyclic) bond motifs is 7. The number of hydrogen-bond acceptors (Lipinski definition) is 4. The predicted octanol–water partition coefficient (Wildman–Crippen LogP) is 10.7. The van der Waals surface area contributed by atoms with Crippen LogP contribution in [-0.4, -0.2) is 15.0 Å². The predicted molar refractivity (Wildman–Crippen MR) is 182 cm³/mol. The first kappa shape index (κ1) is 24.2. The molecular formula is C39H23N3S. The van der Waals surface area contributed by atoms with Crippen molar-refractivity contribution in [2.24, 2.45) is 0 Å². The molecule has 0 atom stereocenters. The fourth-order valence-corrected chi connectivity index (χ4v) is 7.35. The lowest BCUT2D eigenvalue weighted by Gasteiger charge is -2.13. The van der Waals surface area contributed by atoms with Crippen molar-refractivity contribution >= 4 is 64.1 Å². The molecule has 0 N–H and O–H groups in total. The molecule has 0 aliphatic heterocycles. The minimum atomic E-state index is 0.634. The van der Waals surface area contributed by atoms with Crippen LogP contribution in [0, 0.1) is 0 Å². The first-order valence-corrected chi connectivity index (χ1v) is 15.2. The molecule has 3 aromatic heterocycles. The number of para-hydroxylation sites is 2. The topological polar surface area (TPSA) is 38.7 Å². The Bertz CT molecular complexity index is 2510. The van der Waals surface area contributed by atoms with Gasteiger partial charge in [-0.15, -0.1) is 11.3 Å². The second-order valence-electron chi connectivity index (χ2n) is 10.8. The zero-order chi connectivity index (χ0) is 28.3. The van der Waals surface area contributed by atoms with Crippen molar-refractivity contribution in [3.63, 3.8) is 0 Å². The fourth-order valence-electron chi connectivity index (χ4n) is 6.22. The van der Waals surface area contributed by atoms with Gasteiger partial charge in [0.2, 0.25) is 0 Å². The molecule has 0 aliphatic carbocycles. The van der Waals surface area contributed by atoms with Crippen LogP contribution >= 0.6 is 11.3 Å². The van der Waals surface area contributed by atoms with Crippen molar-refractivity contribution in [3.8, 4) is 33.9 Å². The summed E-state index contributed by atoms with van der Waals surface area (Å²) in [5.41, 5.74) is 6.94. The molecule has 0 radical (unpaired) electrons. The Kier molecular flexibility index (Phi) is 5.37. The Morgan fingerprint density at radius 2 is 1.02 bits per heavy atom. The van der Waals surface area contributed by atoms with E-state index < -0.39 is 0 Å². The van der Waals surface area contributed by atoms with Crippen molar-refractivity contribution in [2.45, 2.75) is 0 Å². The van der Waals surface area contributed by atoms with E-state index in [0.29, 0.717) is 5.82 Å². The number of rotatable bonds is 3. The van der Waals surface area contributed by atoms with Gasteiger partial charge in [0, 0.05) is 41.9 Å². The van der Waals surface area contributed by atoms with E-state index >= 15 is 0 Å². The fraction of sp³-hybridized carbons (Fsp3) is 0. The van der Waals surface area contributed by atoms with Crippen molar-refractivity contribution < 1.29 is 0 Å². The molecule has 9 rings (SSSR count). The summed E-state index contributed by atoms with van der Waals surface area (Å²) < 4.78 is 2.53. The molecule has 3 heterocycles. The molecule has 0 saturated heterocycles. The average molecular weight is 566 g/mol. The maximum Gasteiger partial charge on any atom is 0.179 e. The molecule has 0 fully saturated rings. The monoisotopic (exact) mass is 565 g/mol. The third kappa shape index (κ3) is 3.92. The summed E-state index contributed by atoms with van der Waals surface area (Å²) in [5, 5.41) is 6.95. The van der Waals surface area contributed by atoms with Crippen LogP contribution in [0.1, 0.15) is 0 Å². The van der Waals surface area contributed by atoms with Crippen molar-refractivity contribution in [1.82, 2.24) is 15.0 Å². The third-order valence-corrected chi connectivity index (χ3v) is 9.39. The molecule has 0 saturated carbocycles. The maximum atomic E-state index is 5.29. The van der Waals surface area contributed by atoms with Gasteiger partial charge in [0.05, 0.1) is 16.7 Å². The highest BCUT2D eigenvalue weighted by Crippen LogP contribution is 2.41. The van der Waals surface area contributed by atoms with Gasteiger partial charge in [-0.25, -0.2) is 15.0 Å². The van der Waals surface area contributed by atoms with Crippen LogP contribution in [0.15, 0.2) is 140 Å². The van der Waals surface area contributed by atoms with E-state index in [4.69, 9.17) is 15.0 Å². The van der Waals surface area contributed by atoms with Gasteiger partial charge >= 0.3 is 0 Å². The molecule has 4 heteroatoms. The van der Waals surface area contributed by atoms with Gasteiger partial charge in [-0.1, -0.05) is 103 Å². The molecule has 0 unspecified atom stereocenters. The van der Waals surface area contributed by atoms with Crippen molar-refractivity contribution in [3.05, 3.63) is 140 Å². The van der Waals surface area contributed by atoms with E-state index in [9.17, 15) is 0 Å². The first-order chi connectivity index (χ1) is 21.3. The lowest BCUT2D eigenvalue weighted by Crippen LogP contribution is -1.98. The molecule has 43 heavy (non-hydrogen) atoms. The Hall–Kier alpha value is -5.45. The first-order valence-electron chi connectivity index (χ1n) is 14.4. The summed E-state index contributed by atoms with van der Waals surface area (Å²) in [6, 6.07) is 49.0. The zero-order valence-corrected chi connectivity index (χ0v) is 23.8. The number of pyridine rings is 1. The van der Waals surface area contributed by atoms with Crippen LogP contribution in [0.25, 0.3) is 86.7 Å². The van der Waals surface area contributed by atoms with Crippen LogP contribution < -0.4 is 0 Å². The van der Waals surface area contributed by atoms with E-state index in [1.54, 1.807) is 0 Å². The number of benzene rings is 6. The minimum absolute atomic E-state index is 0.634. The number of nitrogens with zero attached hydrogens (tertiary/aromatic N) is 3. The van der Waals surface area contributed by atoms with Crippen LogP contribution in [-0.2, 0) is 0 Å². The molecule has 0 spiro atoms. The molecule has 6 aromatic carbocycles. The van der Waals surface area contributed by atoms with Crippen molar-refractivity contribution in [2.75, 3.05) is 0 Å². The second kappa shape index (κ2) is 9.55. The Labute approximate surface area is 251 Å². The molecule has 200 valence electrons. The smallest absolute Gasteiger partial charge is 0.179 e. The Morgan fingerprint density at radius 1 is 0.349 bits per heavy atom. The number of hydrogen-bond donors (Lipinski definition) is 0. The van der Waals surface area contributed by atoms with E-state index in [2.05, 4.69) is 121 Å². The van der Waals surface area contributed by atoms with Gasteiger partial charge in [-0.05, 0) is 52.9 Å². The molecule has 3 nitrogen and oxygen atoms in total. The summed E-state index contributed by atoms with van der Waals surface area (Å²) in [5.74, 6) is 0.634. The van der Waals surface area contributed by atoms with Crippen molar-refractivity contribution in [1.29, 1.82) is 0 Å². The largest absolute Gasteiger partial charge is 0.244 e. The molecule has 0 aliphatic rings. The lowest BCUT2D eigenvalue weighted by atomic mass is 9.99. The summed E-state index contributed by atoms with van der Waals surface area (Å²) in [7, 11) is 0. The summed E-state index contributed by atoms with van der Waals surface area (Å²) in [6.07, 6.45) is 0. The Morgan fingerprint density at radius 3 is 1.88 bits per heavy atom. The van der Waals surface area contributed by atoms with Gasteiger partial charge in [0.1, 0.15) is 5.69 Å². The van der Waals surface area contributed by atoms with Crippen LogP contribution in [0.5, 0.6) is 0 Å².